The van der Waals surface area contributed by atoms with E-state index in [0.29, 0.717) is 6.42 Å². The van der Waals surface area contributed by atoms with Crippen LogP contribution in [0.5, 0.6) is 0 Å². The Balaban J connectivity index is 2.10. The highest BCUT2D eigenvalue weighted by molar-refractivity contribution is 7.13. The molecule has 0 fully saturated rings. The number of hydrogen-bond acceptors (Lipinski definition) is 5. The van der Waals surface area contributed by atoms with Gasteiger partial charge in [-0.05, 0) is 6.92 Å². The van der Waals surface area contributed by atoms with Crippen molar-refractivity contribution >= 4 is 28.5 Å². The first kappa shape index (κ1) is 9.48. The Morgan fingerprint density at radius 3 is 2.93 bits per heavy atom. The van der Waals surface area contributed by atoms with Crippen molar-refractivity contribution in [2.24, 2.45) is 0 Å². The molecular formula is C9H8N2OS2. The summed E-state index contributed by atoms with van der Waals surface area (Å²) in [5.74, 6) is 0.125. The van der Waals surface area contributed by atoms with Gasteiger partial charge in [-0.25, -0.2) is 4.98 Å². The number of hydrogen-bond donors (Lipinski definition) is 0. The van der Waals surface area contributed by atoms with Gasteiger partial charge in [0.1, 0.15) is 0 Å². The van der Waals surface area contributed by atoms with Crippen LogP contribution in [-0.2, 0) is 6.42 Å². The normalized spacial score (nSPS) is 10.4. The molecule has 0 aromatic carbocycles. The van der Waals surface area contributed by atoms with Gasteiger partial charge < -0.3 is 0 Å². The Kier molecular flexibility index (Phi) is 2.69. The fourth-order valence-electron chi connectivity index (χ4n) is 1.07. The van der Waals surface area contributed by atoms with Crippen molar-refractivity contribution < 1.29 is 4.79 Å². The SMILES string of the molecule is Cc1ncc(C(=O)Cc2cncs2)s1. The van der Waals surface area contributed by atoms with Gasteiger partial charge in [0, 0.05) is 23.7 Å². The van der Waals surface area contributed by atoms with E-state index in [-0.39, 0.29) is 5.78 Å². The lowest BCUT2D eigenvalue weighted by Crippen LogP contribution is -1.99. The summed E-state index contributed by atoms with van der Waals surface area (Å²) < 4.78 is 0. The van der Waals surface area contributed by atoms with Gasteiger partial charge >= 0.3 is 0 Å². The van der Waals surface area contributed by atoms with E-state index in [0.717, 1.165) is 14.8 Å². The molecule has 72 valence electrons. The van der Waals surface area contributed by atoms with E-state index < -0.39 is 0 Å². The van der Waals surface area contributed by atoms with Crippen molar-refractivity contribution in [1.82, 2.24) is 9.97 Å². The molecule has 2 heterocycles. The molecule has 0 unspecified atom stereocenters. The fourth-order valence-corrected chi connectivity index (χ4v) is 2.37. The van der Waals surface area contributed by atoms with E-state index in [4.69, 9.17) is 0 Å². The van der Waals surface area contributed by atoms with Crippen molar-refractivity contribution in [2.75, 3.05) is 0 Å². The van der Waals surface area contributed by atoms with Gasteiger partial charge in [-0.2, -0.15) is 0 Å². The van der Waals surface area contributed by atoms with E-state index in [2.05, 4.69) is 9.97 Å². The highest BCUT2D eigenvalue weighted by Gasteiger charge is 2.10. The molecule has 0 amide bonds. The van der Waals surface area contributed by atoms with Gasteiger partial charge in [0.15, 0.2) is 5.78 Å². The predicted octanol–water partition coefficient (Wildman–Crippen LogP) is 2.33. The molecule has 2 aromatic heterocycles. The summed E-state index contributed by atoms with van der Waals surface area (Å²) in [7, 11) is 0. The van der Waals surface area contributed by atoms with E-state index in [9.17, 15) is 4.79 Å². The quantitative estimate of drug-likeness (QED) is 0.751. The lowest BCUT2D eigenvalue weighted by atomic mass is 10.2. The van der Waals surface area contributed by atoms with Crippen LogP contribution < -0.4 is 0 Å². The van der Waals surface area contributed by atoms with Crippen LogP contribution in [-0.4, -0.2) is 15.8 Å². The van der Waals surface area contributed by atoms with Gasteiger partial charge in [0.25, 0.3) is 0 Å². The first-order valence-corrected chi connectivity index (χ1v) is 5.78. The third-order valence-corrected chi connectivity index (χ3v) is 3.45. The number of aromatic nitrogens is 2. The Hall–Kier alpha value is -1.07. The number of carbonyl (C=O) groups is 1. The molecule has 0 saturated heterocycles. The van der Waals surface area contributed by atoms with Gasteiger partial charge in [0.05, 0.1) is 15.4 Å². The molecule has 2 aromatic rings. The minimum absolute atomic E-state index is 0.125. The van der Waals surface area contributed by atoms with Crippen LogP contribution in [0.4, 0.5) is 0 Å². The van der Waals surface area contributed by atoms with Gasteiger partial charge in [-0.3, -0.25) is 9.78 Å². The minimum atomic E-state index is 0.125. The molecule has 0 saturated carbocycles. The average molecular weight is 224 g/mol. The molecule has 0 spiro atoms. The van der Waals surface area contributed by atoms with Crippen molar-refractivity contribution in [1.29, 1.82) is 0 Å². The first-order valence-electron chi connectivity index (χ1n) is 4.08. The van der Waals surface area contributed by atoms with Crippen LogP contribution in [0.25, 0.3) is 0 Å². The molecule has 0 aliphatic rings. The molecule has 14 heavy (non-hydrogen) atoms. The minimum Gasteiger partial charge on any atom is -0.293 e. The molecule has 0 aliphatic carbocycles. The zero-order valence-corrected chi connectivity index (χ0v) is 9.19. The summed E-state index contributed by atoms with van der Waals surface area (Å²) >= 11 is 2.95. The number of thiazole rings is 2. The molecule has 3 nitrogen and oxygen atoms in total. The van der Waals surface area contributed by atoms with Crippen molar-refractivity contribution in [3.63, 3.8) is 0 Å². The summed E-state index contributed by atoms with van der Waals surface area (Å²) in [5.41, 5.74) is 1.74. The highest BCUT2D eigenvalue weighted by atomic mass is 32.1. The molecule has 0 radical (unpaired) electrons. The lowest BCUT2D eigenvalue weighted by Gasteiger charge is -1.91. The maximum Gasteiger partial charge on any atom is 0.179 e. The molecule has 0 aliphatic heterocycles. The molecule has 0 bridgehead atoms. The zero-order chi connectivity index (χ0) is 9.97. The Bertz CT molecular complexity index is 433. The standard InChI is InChI=1S/C9H8N2OS2/c1-6-11-4-9(14-6)8(12)2-7-3-10-5-13-7/h3-5H,2H2,1H3. The van der Waals surface area contributed by atoms with Gasteiger partial charge in [-0.1, -0.05) is 0 Å². The summed E-state index contributed by atoms with van der Waals surface area (Å²) in [6, 6.07) is 0. The van der Waals surface area contributed by atoms with Gasteiger partial charge in [-0.15, -0.1) is 22.7 Å². The van der Waals surface area contributed by atoms with Crippen LogP contribution in [0.3, 0.4) is 0 Å². The van der Waals surface area contributed by atoms with Gasteiger partial charge in [0.2, 0.25) is 0 Å². The second kappa shape index (κ2) is 3.98. The Labute approximate surface area is 89.5 Å². The van der Waals surface area contributed by atoms with E-state index >= 15 is 0 Å². The average Bonchev–Trinajstić information content (AvgIpc) is 2.75. The van der Waals surface area contributed by atoms with E-state index in [1.807, 2.05) is 6.92 Å². The number of aryl methyl sites for hydroxylation is 1. The second-order valence-corrected chi connectivity index (χ2v) is 5.02. The maximum atomic E-state index is 11.7. The molecule has 0 atom stereocenters. The van der Waals surface area contributed by atoms with E-state index in [1.165, 1.54) is 22.7 Å². The summed E-state index contributed by atoms with van der Waals surface area (Å²) in [6.07, 6.45) is 3.81. The number of nitrogens with zero attached hydrogens (tertiary/aromatic N) is 2. The maximum absolute atomic E-state index is 11.7. The Morgan fingerprint density at radius 2 is 2.36 bits per heavy atom. The van der Waals surface area contributed by atoms with Crippen LogP contribution in [0.15, 0.2) is 17.9 Å². The number of carbonyl (C=O) groups excluding carboxylic acids is 1. The third-order valence-electron chi connectivity index (χ3n) is 1.71. The van der Waals surface area contributed by atoms with Crippen molar-refractivity contribution in [3.05, 3.63) is 32.7 Å². The zero-order valence-electron chi connectivity index (χ0n) is 7.56. The molecule has 2 rings (SSSR count). The molecule has 0 N–H and O–H groups in total. The summed E-state index contributed by atoms with van der Waals surface area (Å²) in [5, 5.41) is 0.928. The van der Waals surface area contributed by atoms with Crippen molar-refractivity contribution in [2.45, 2.75) is 13.3 Å². The summed E-state index contributed by atoms with van der Waals surface area (Å²) in [6.45, 7) is 1.90. The number of ketones is 1. The van der Waals surface area contributed by atoms with Crippen LogP contribution in [0.1, 0.15) is 19.6 Å². The summed E-state index contributed by atoms with van der Waals surface area (Å²) in [4.78, 5) is 21.4. The topological polar surface area (TPSA) is 42.9 Å². The highest BCUT2D eigenvalue weighted by Crippen LogP contribution is 2.16. The number of rotatable bonds is 3. The van der Waals surface area contributed by atoms with E-state index in [1.54, 1.807) is 17.9 Å². The monoisotopic (exact) mass is 224 g/mol. The van der Waals surface area contributed by atoms with Crippen LogP contribution in [0, 0.1) is 6.92 Å². The van der Waals surface area contributed by atoms with Crippen molar-refractivity contribution in [3.8, 4) is 0 Å². The van der Waals surface area contributed by atoms with Crippen LogP contribution >= 0.6 is 22.7 Å². The predicted molar refractivity (Wildman–Crippen MR) is 57.0 cm³/mol. The fraction of sp³-hybridized carbons (Fsp3) is 0.222. The molecular weight excluding hydrogens is 216 g/mol. The largest absolute Gasteiger partial charge is 0.293 e. The third kappa shape index (κ3) is 2.05. The Morgan fingerprint density at radius 1 is 1.50 bits per heavy atom. The molecule has 5 heteroatoms. The second-order valence-electron chi connectivity index (χ2n) is 2.81. The smallest absolute Gasteiger partial charge is 0.179 e. The van der Waals surface area contributed by atoms with Crippen LogP contribution in [0.2, 0.25) is 0 Å². The number of Topliss-reactive ketones (excluding diaryl/α,β-unsaturated/α-hetero) is 1. The first-order chi connectivity index (χ1) is 6.75. The lowest BCUT2D eigenvalue weighted by molar-refractivity contribution is 0.0997.